The quantitative estimate of drug-likeness (QED) is 0.134. The van der Waals surface area contributed by atoms with Gasteiger partial charge in [0.15, 0.2) is 0 Å². The van der Waals surface area contributed by atoms with Gasteiger partial charge in [0, 0.05) is 44.3 Å². The highest BCUT2D eigenvalue weighted by molar-refractivity contribution is 6.00. The van der Waals surface area contributed by atoms with E-state index in [2.05, 4.69) is 301 Å². The number of aromatic nitrogens is 4. The van der Waals surface area contributed by atoms with Gasteiger partial charge >= 0.3 is 0 Å². The van der Waals surface area contributed by atoms with E-state index >= 15 is 0 Å². The van der Waals surface area contributed by atoms with Gasteiger partial charge in [0.05, 0.1) is 22.8 Å². The van der Waals surface area contributed by atoms with E-state index in [4.69, 9.17) is 9.97 Å². The molecular formula is C72H50N4. The summed E-state index contributed by atoms with van der Waals surface area (Å²) in [7, 11) is 0. The molecule has 11 aromatic rings. The topological polar surface area (TPSA) is 57.4 Å². The Bertz CT molecular complexity index is 3910. The minimum absolute atomic E-state index is 0.873. The minimum Gasteiger partial charge on any atom is -0.354 e. The van der Waals surface area contributed by atoms with Gasteiger partial charge in [-0.1, -0.05) is 243 Å². The van der Waals surface area contributed by atoms with E-state index in [1.807, 2.05) is 0 Å². The summed E-state index contributed by atoms with van der Waals surface area (Å²) in [5.41, 5.74) is 25.0. The van der Waals surface area contributed by atoms with Gasteiger partial charge in [-0.05, 0) is 115 Å². The molecule has 13 rings (SSSR count). The van der Waals surface area contributed by atoms with Crippen LogP contribution < -0.4 is 0 Å². The third-order valence-electron chi connectivity index (χ3n) is 14.2. The van der Waals surface area contributed by atoms with Crippen LogP contribution >= 0.6 is 0 Å². The zero-order valence-corrected chi connectivity index (χ0v) is 41.6. The maximum Gasteiger partial charge on any atom is 0.0737 e. The molecule has 0 saturated carbocycles. The maximum atomic E-state index is 5.52. The fraction of sp³-hybridized carbons (Fsp3) is 0. The molecule has 0 unspecified atom stereocenters. The van der Waals surface area contributed by atoms with Crippen molar-refractivity contribution in [3.63, 3.8) is 0 Å². The highest BCUT2D eigenvalue weighted by atomic mass is 14.8. The summed E-state index contributed by atoms with van der Waals surface area (Å²) in [6.07, 6.45) is 17.3. The van der Waals surface area contributed by atoms with Crippen molar-refractivity contribution < 1.29 is 0 Å². The van der Waals surface area contributed by atoms with Gasteiger partial charge in [-0.15, -0.1) is 0 Å². The van der Waals surface area contributed by atoms with E-state index in [9.17, 15) is 0 Å². The Labute approximate surface area is 442 Å². The lowest BCUT2D eigenvalue weighted by Crippen LogP contribution is -1.90. The number of nitrogens with one attached hydrogen (secondary N) is 2. The van der Waals surface area contributed by atoms with Crippen LogP contribution in [-0.2, 0) is 0 Å². The van der Waals surface area contributed by atoms with E-state index in [-0.39, 0.29) is 0 Å². The molecule has 8 bridgehead atoms. The standard InChI is InChI=1S/C72H50N4/c1-5-13-53(14-6-1)55-33-25-49(26-34-55)21-23-51-29-37-59(38-30-51)71-65-45-41-61(73-65)69(57-17-9-3-10-18-57)63-43-47-67(75-63)72(68-48-44-64(76-68)70(58-19-11-4-12-20-58)62-42-46-66(71)74-62)60-39-31-52(32-40-60)24-22-50-27-35-56(36-28-50)54-15-7-2-8-16-54/h1-48,73,76H/b23-21+,24-22+,69-61?,69-63?,70-62?,70-64?,71-65?,71-66?,72-67?,72-68?. The predicted molar refractivity (Wildman–Crippen MR) is 322 cm³/mol. The molecule has 0 aliphatic carbocycles. The number of nitrogens with zero attached hydrogens (tertiary/aromatic N) is 2. The van der Waals surface area contributed by atoms with E-state index < -0.39 is 0 Å². The third kappa shape index (κ3) is 9.39. The molecule has 2 aliphatic heterocycles. The van der Waals surface area contributed by atoms with Crippen LogP contribution in [0.5, 0.6) is 0 Å². The summed E-state index contributed by atoms with van der Waals surface area (Å²) in [5.74, 6) is 0. The number of hydrogen-bond acceptors (Lipinski definition) is 2. The summed E-state index contributed by atoms with van der Waals surface area (Å²) in [6.45, 7) is 0. The van der Waals surface area contributed by atoms with Crippen LogP contribution in [0.4, 0.5) is 0 Å². The minimum atomic E-state index is 0.873. The Morgan fingerprint density at radius 1 is 0.211 bits per heavy atom. The van der Waals surface area contributed by atoms with Crippen LogP contribution in [0.3, 0.4) is 0 Å². The second kappa shape index (κ2) is 20.4. The van der Waals surface area contributed by atoms with Gasteiger partial charge in [0.2, 0.25) is 0 Å². The molecule has 8 aromatic carbocycles. The Balaban J connectivity index is 0.941. The average Bonchev–Trinajstić information content (AvgIpc) is 4.35. The van der Waals surface area contributed by atoms with Gasteiger partial charge in [-0.25, -0.2) is 9.97 Å². The zero-order valence-electron chi connectivity index (χ0n) is 41.6. The molecule has 4 nitrogen and oxygen atoms in total. The van der Waals surface area contributed by atoms with E-state index in [0.717, 1.165) is 112 Å². The van der Waals surface area contributed by atoms with Crippen molar-refractivity contribution in [3.8, 4) is 66.8 Å². The smallest absolute Gasteiger partial charge is 0.0737 e. The van der Waals surface area contributed by atoms with Crippen molar-refractivity contribution in [2.24, 2.45) is 0 Å². The Morgan fingerprint density at radius 3 is 0.684 bits per heavy atom. The molecule has 76 heavy (non-hydrogen) atoms. The highest BCUT2D eigenvalue weighted by Crippen LogP contribution is 2.39. The first-order valence-electron chi connectivity index (χ1n) is 25.8. The second-order valence-corrected chi connectivity index (χ2v) is 19.1. The lowest BCUT2D eigenvalue weighted by molar-refractivity contribution is 1.31. The number of hydrogen-bond donors (Lipinski definition) is 2. The van der Waals surface area contributed by atoms with Crippen molar-refractivity contribution >= 4 is 70.7 Å². The molecule has 0 atom stereocenters. The number of fused-ring (bicyclic) bond motifs is 8. The van der Waals surface area contributed by atoms with Gasteiger partial charge in [0.25, 0.3) is 0 Å². The lowest BCUT2D eigenvalue weighted by atomic mass is 10.0. The van der Waals surface area contributed by atoms with Crippen molar-refractivity contribution in [1.82, 2.24) is 19.9 Å². The molecule has 0 spiro atoms. The molecule has 358 valence electrons. The van der Waals surface area contributed by atoms with Crippen LogP contribution in [-0.4, -0.2) is 19.9 Å². The molecule has 5 heterocycles. The van der Waals surface area contributed by atoms with Crippen molar-refractivity contribution in [3.05, 3.63) is 288 Å². The summed E-state index contributed by atoms with van der Waals surface area (Å²) in [5, 5.41) is 0. The molecule has 0 radical (unpaired) electrons. The zero-order chi connectivity index (χ0) is 50.6. The van der Waals surface area contributed by atoms with Crippen LogP contribution in [0, 0.1) is 0 Å². The van der Waals surface area contributed by atoms with Crippen molar-refractivity contribution in [2.45, 2.75) is 0 Å². The van der Waals surface area contributed by atoms with E-state index in [0.29, 0.717) is 0 Å². The number of benzene rings is 8. The molecule has 3 aromatic heterocycles. The number of aromatic amines is 2. The average molecular weight is 971 g/mol. The summed E-state index contributed by atoms with van der Waals surface area (Å²) >= 11 is 0. The molecule has 2 aliphatic rings. The SMILES string of the molecule is C1=Cc2nc1c(-c1ccccc1)c1ccc([nH]1)c(-c1ccc(/C=C/c3ccc(-c4ccccc4)cc3)cc1)c1nc(c(-c3ccccc3)c3ccc([nH]3)c2-c2ccc(/C=C/c3ccc(-c4ccccc4)cc3)cc2)C=C1. The first-order valence-corrected chi connectivity index (χ1v) is 25.8. The number of H-pyrrole nitrogens is 2. The largest absolute Gasteiger partial charge is 0.354 e. The Kier molecular flexibility index (Phi) is 12.3. The Hall–Kier alpha value is -10.2. The normalized spacial score (nSPS) is 12.0. The molecule has 0 fully saturated rings. The first-order chi connectivity index (χ1) is 37.6. The maximum absolute atomic E-state index is 5.52. The van der Waals surface area contributed by atoms with Crippen molar-refractivity contribution in [1.29, 1.82) is 0 Å². The lowest BCUT2D eigenvalue weighted by Gasteiger charge is -2.07. The van der Waals surface area contributed by atoms with Crippen LogP contribution in [0.25, 0.3) is 137 Å². The monoisotopic (exact) mass is 970 g/mol. The molecule has 4 heteroatoms. The fourth-order valence-electron chi connectivity index (χ4n) is 10.4. The van der Waals surface area contributed by atoms with Crippen molar-refractivity contribution in [2.75, 3.05) is 0 Å². The molecular weight excluding hydrogens is 921 g/mol. The summed E-state index contributed by atoms with van der Waals surface area (Å²) in [4.78, 5) is 18.8. The molecule has 0 amide bonds. The predicted octanol–water partition coefficient (Wildman–Crippen LogP) is 19.0. The third-order valence-corrected chi connectivity index (χ3v) is 14.2. The van der Waals surface area contributed by atoms with Gasteiger partial charge in [0.1, 0.15) is 0 Å². The summed E-state index contributed by atoms with van der Waals surface area (Å²) in [6, 6.07) is 85.8. The summed E-state index contributed by atoms with van der Waals surface area (Å²) < 4.78 is 0. The highest BCUT2D eigenvalue weighted by Gasteiger charge is 2.19. The van der Waals surface area contributed by atoms with Crippen LogP contribution in [0.15, 0.2) is 243 Å². The first kappa shape index (κ1) is 45.7. The molecule has 2 N–H and O–H groups in total. The second-order valence-electron chi connectivity index (χ2n) is 19.1. The van der Waals surface area contributed by atoms with Gasteiger partial charge < -0.3 is 9.97 Å². The van der Waals surface area contributed by atoms with E-state index in [1.165, 1.54) is 22.3 Å². The Morgan fingerprint density at radius 2 is 0.421 bits per heavy atom. The fourth-order valence-corrected chi connectivity index (χ4v) is 10.4. The van der Waals surface area contributed by atoms with Gasteiger partial charge in [-0.3, -0.25) is 0 Å². The number of rotatable bonds is 10. The molecule has 0 saturated heterocycles. The van der Waals surface area contributed by atoms with Crippen LogP contribution in [0.2, 0.25) is 0 Å². The van der Waals surface area contributed by atoms with Gasteiger partial charge in [-0.2, -0.15) is 0 Å². The van der Waals surface area contributed by atoms with E-state index in [1.54, 1.807) is 0 Å². The van der Waals surface area contributed by atoms with Crippen LogP contribution in [0.1, 0.15) is 45.0 Å².